The summed E-state index contributed by atoms with van der Waals surface area (Å²) in [5, 5.41) is 4.03. The van der Waals surface area contributed by atoms with Crippen LogP contribution in [0.5, 0.6) is 0 Å². The van der Waals surface area contributed by atoms with E-state index in [-0.39, 0.29) is 12.4 Å². The molecule has 2 saturated heterocycles. The molecule has 2 aliphatic rings. The van der Waals surface area contributed by atoms with E-state index in [0.29, 0.717) is 11.5 Å². The van der Waals surface area contributed by atoms with E-state index < -0.39 is 0 Å². The van der Waals surface area contributed by atoms with E-state index in [9.17, 15) is 0 Å². The molecule has 2 N–H and O–H groups in total. The highest BCUT2D eigenvalue weighted by molar-refractivity contribution is 6.20. The number of rotatable bonds is 7. The van der Waals surface area contributed by atoms with Crippen LogP contribution in [-0.4, -0.2) is 47.7 Å². The molecule has 1 aromatic carbocycles. The average molecular weight is 381 g/mol. The van der Waals surface area contributed by atoms with E-state index in [0.717, 1.165) is 32.5 Å². The summed E-state index contributed by atoms with van der Waals surface area (Å²) in [5.74, 6) is 0. The monoisotopic (exact) mass is 380 g/mol. The highest BCUT2D eigenvalue weighted by Crippen LogP contribution is 2.25. The van der Waals surface area contributed by atoms with Crippen molar-refractivity contribution in [2.24, 2.45) is 0 Å². The summed E-state index contributed by atoms with van der Waals surface area (Å²) in [5.41, 5.74) is 5.64. The van der Waals surface area contributed by atoms with Gasteiger partial charge in [0.05, 0.1) is 6.17 Å². The van der Waals surface area contributed by atoms with E-state index in [1.165, 1.54) is 24.0 Å². The molecular formula is C20H33ClN4O. The Morgan fingerprint density at radius 2 is 2.04 bits per heavy atom. The Morgan fingerprint density at radius 1 is 1.27 bits per heavy atom. The van der Waals surface area contributed by atoms with E-state index in [2.05, 4.69) is 58.8 Å². The number of halogens is 1. The van der Waals surface area contributed by atoms with Crippen LogP contribution in [0.15, 0.2) is 24.3 Å². The van der Waals surface area contributed by atoms with Gasteiger partial charge in [0.2, 0.25) is 0 Å². The number of likely N-dealkylation sites (tertiary alicyclic amines) is 1. The Morgan fingerprint density at radius 3 is 2.69 bits per heavy atom. The lowest BCUT2D eigenvalue weighted by Gasteiger charge is -2.38. The lowest BCUT2D eigenvalue weighted by atomic mass is 10.1. The highest BCUT2D eigenvalue weighted by atomic mass is 35.5. The topological polar surface area (TPSA) is 39.8 Å². The molecule has 0 aliphatic carbocycles. The van der Waals surface area contributed by atoms with Gasteiger partial charge in [-0.2, -0.15) is 5.48 Å². The zero-order chi connectivity index (χ0) is 18.5. The van der Waals surface area contributed by atoms with Gasteiger partial charge in [-0.15, -0.1) is 11.6 Å². The van der Waals surface area contributed by atoms with Crippen molar-refractivity contribution in [1.82, 2.24) is 20.6 Å². The molecule has 146 valence electrons. The van der Waals surface area contributed by atoms with Crippen LogP contribution in [0.3, 0.4) is 0 Å². The van der Waals surface area contributed by atoms with Crippen molar-refractivity contribution in [2.75, 3.05) is 20.1 Å². The maximum absolute atomic E-state index is 6.38. The van der Waals surface area contributed by atoms with Crippen LogP contribution in [0.1, 0.15) is 56.8 Å². The SMILES string of the molecule is CCCCN1CC(Cl)CCC1NCc1ccc(C2NOC(C)N2C)cc1. The Hall–Kier alpha value is -0.690. The standard InChI is InChI=1S/C20H33ClN4O/c1-4-5-12-25-14-18(21)10-11-19(25)22-13-16-6-8-17(9-7-16)20-23-26-15(2)24(20)3/h6-9,15,18-20,22-23H,4-5,10-14H2,1-3H3. The van der Waals surface area contributed by atoms with Crippen LogP contribution in [0.4, 0.5) is 0 Å². The van der Waals surface area contributed by atoms with Crippen LogP contribution in [0.25, 0.3) is 0 Å². The van der Waals surface area contributed by atoms with Gasteiger partial charge in [0.1, 0.15) is 12.4 Å². The van der Waals surface area contributed by atoms with Crippen LogP contribution in [0.2, 0.25) is 0 Å². The molecule has 0 saturated carbocycles. The molecule has 2 heterocycles. The Labute approximate surface area is 163 Å². The molecule has 1 aromatic rings. The molecule has 3 rings (SSSR count). The van der Waals surface area contributed by atoms with Crippen molar-refractivity contribution < 1.29 is 4.84 Å². The second kappa shape index (κ2) is 9.49. The normalized spacial score (nSPS) is 30.8. The number of unbranched alkanes of at least 4 members (excludes halogenated alkanes) is 1. The smallest absolute Gasteiger partial charge is 0.130 e. The first-order valence-electron chi connectivity index (χ1n) is 9.92. The first-order chi connectivity index (χ1) is 12.6. The van der Waals surface area contributed by atoms with Crippen molar-refractivity contribution in [3.63, 3.8) is 0 Å². The number of benzene rings is 1. The third-order valence-electron chi connectivity index (χ3n) is 5.59. The fourth-order valence-electron chi connectivity index (χ4n) is 3.73. The summed E-state index contributed by atoms with van der Waals surface area (Å²) in [6, 6.07) is 8.81. The van der Waals surface area contributed by atoms with Gasteiger partial charge in [-0.25, -0.2) is 0 Å². The largest absolute Gasteiger partial charge is 0.298 e. The molecule has 0 spiro atoms. The molecule has 0 aromatic heterocycles. The molecule has 0 amide bonds. The summed E-state index contributed by atoms with van der Waals surface area (Å²) in [7, 11) is 2.07. The van der Waals surface area contributed by atoms with Crippen molar-refractivity contribution in [3.8, 4) is 0 Å². The summed E-state index contributed by atoms with van der Waals surface area (Å²) in [4.78, 5) is 10.2. The third kappa shape index (κ3) is 4.97. The number of nitrogens with zero attached hydrogens (tertiary/aromatic N) is 2. The van der Waals surface area contributed by atoms with Gasteiger partial charge in [-0.3, -0.25) is 20.0 Å². The van der Waals surface area contributed by atoms with Gasteiger partial charge in [-0.1, -0.05) is 37.6 Å². The zero-order valence-electron chi connectivity index (χ0n) is 16.2. The summed E-state index contributed by atoms with van der Waals surface area (Å²) in [6.45, 7) is 7.31. The molecule has 26 heavy (non-hydrogen) atoms. The summed E-state index contributed by atoms with van der Waals surface area (Å²) < 4.78 is 0. The van der Waals surface area contributed by atoms with Crippen molar-refractivity contribution in [3.05, 3.63) is 35.4 Å². The zero-order valence-corrected chi connectivity index (χ0v) is 17.0. The van der Waals surface area contributed by atoms with Gasteiger partial charge >= 0.3 is 0 Å². The van der Waals surface area contributed by atoms with Gasteiger partial charge in [0.25, 0.3) is 0 Å². The van der Waals surface area contributed by atoms with Crippen molar-refractivity contribution in [2.45, 2.75) is 70.0 Å². The first-order valence-corrected chi connectivity index (χ1v) is 10.4. The van der Waals surface area contributed by atoms with E-state index in [4.69, 9.17) is 16.4 Å². The molecular weight excluding hydrogens is 348 g/mol. The second-order valence-corrected chi connectivity index (χ2v) is 8.18. The van der Waals surface area contributed by atoms with Crippen LogP contribution in [0, 0.1) is 0 Å². The highest BCUT2D eigenvalue weighted by Gasteiger charge is 2.29. The van der Waals surface area contributed by atoms with E-state index >= 15 is 0 Å². The molecule has 0 radical (unpaired) electrons. The van der Waals surface area contributed by atoms with Gasteiger partial charge in [0, 0.05) is 18.5 Å². The number of nitrogens with one attached hydrogen (secondary N) is 2. The fourth-order valence-corrected chi connectivity index (χ4v) is 4.03. The molecule has 2 aliphatic heterocycles. The Balaban J connectivity index is 1.54. The maximum Gasteiger partial charge on any atom is 0.130 e. The van der Waals surface area contributed by atoms with Crippen molar-refractivity contribution in [1.29, 1.82) is 0 Å². The molecule has 4 atom stereocenters. The lowest BCUT2D eigenvalue weighted by Crippen LogP contribution is -2.51. The molecule has 6 heteroatoms. The predicted octanol–water partition coefficient (Wildman–Crippen LogP) is 3.42. The minimum atomic E-state index is 0.0903. The molecule has 2 fully saturated rings. The minimum Gasteiger partial charge on any atom is -0.298 e. The molecule has 4 unspecified atom stereocenters. The summed E-state index contributed by atoms with van der Waals surface area (Å²) in [6.07, 6.45) is 5.33. The third-order valence-corrected chi connectivity index (χ3v) is 5.95. The quantitative estimate of drug-likeness (QED) is 0.709. The maximum atomic E-state index is 6.38. The first kappa shape index (κ1) is 20.1. The Bertz CT molecular complexity index is 555. The van der Waals surface area contributed by atoms with E-state index in [1.807, 2.05) is 6.92 Å². The molecule has 5 nitrogen and oxygen atoms in total. The number of alkyl halides is 1. The minimum absolute atomic E-state index is 0.0903. The number of hydrogen-bond acceptors (Lipinski definition) is 5. The second-order valence-electron chi connectivity index (χ2n) is 7.56. The van der Waals surface area contributed by atoms with Crippen LogP contribution >= 0.6 is 11.6 Å². The van der Waals surface area contributed by atoms with Gasteiger partial charge in [0.15, 0.2) is 0 Å². The molecule has 0 bridgehead atoms. The number of hydroxylamine groups is 1. The lowest BCUT2D eigenvalue weighted by molar-refractivity contribution is 0.0104. The van der Waals surface area contributed by atoms with Crippen LogP contribution in [-0.2, 0) is 11.4 Å². The average Bonchev–Trinajstić information content (AvgIpc) is 2.98. The van der Waals surface area contributed by atoms with Gasteiger partial charge in [-0.05, 0) is 50.9 Å². The fraction of sp³-hybridized carbons (Fsp3) is 0.700. The van der Waals surface area contributed by atoms with Crippen molar-refractivity contribution >= 4 is 11.6 Å². The summed E-state index contributed by atoms with van der Waals surface area (Å²) >= 11 is 6.38. The Kier molecular flexibility index (Phi) is 7.32. The van der Waals surface area contributed by atoms with Gasteiger partial charge < -0.3 is 0 Å². The van der Waals surface area contributed by atoms with Crippen LogP contribution < -0.4 is 10.8 Å². The predicted molar refractivity (Wildman–Crippen MR) is 107 cm³/mol. The number of piperidine rings is 1. The van der Waals surface area contributed by atoms with E-state index in [1.54, 1.807) is 0 Å². The number of hydrogen-bond donors (Lipinski definition) is 2.